The average Bonchev–Trinajstić information content (AvgIpc) is 3.51. The summed E-state index contributed by atoms with van der Waals surface area (Å²) in [5.74, 6) is -2.58. The molecule has 1 unspecified atom stereocenters. The number of carboxylic acids is 1. The fourth-order valence-corrected chi connectivity index (χ4v) is 8.94. The van der Waals surface area contributed by atoms with Crippen molar-refractivity contribution < 1.29 is 53.8 Å². The number of carboxylic acid groups (broad SMARTS) is 1. The molecule has 1 atom stereocenters. The number of nitrogens with zero attached hydrogens (tertiary/aromatic N) is 1. The van der Waals surface area contributed by atoms with Gasteiger partial charge in [0.15, 0.2) is 9.84 Å². The van der Waals surface area contributed by atoms with E-state index in [4.69, 9.17) is 0 Å². The van der Waals surface area contributed by atoms with Gasteiger partial charge in [0, 0.05) is 24.6 Å². The molecular weight excluding hydrogens is 667 g/mol. The molecule has 3 aromatic rings. The first-order valence-electron chi connectivity index (χ1n) is 15.2. The predicted octanol–water partition coefficient (Wildman–Crippen LogP) is 7.36. The number of rotatable bonds is 8. The van der Waals surface area contributed by atoms with Gasteiger partial charge in [-0.1, -0.05) is 66.7 Å². The van der Waals surface area contributed by atoms with E-state index in [1.54, 1.807) is 6.07 Å². The van der Waals surface area contributed by atoms with Gasteiger partial charge in [-0.25, -0.2) is 12.8 Å². The number of benzene rings is 3. The summed E-state index contributed by atoms with van der Waals surface area (Å²) in [6, 6.07) is 17.2. The Morgan fingerprint density at radius 3 is 1.90 bits per heavy atom. The summed E-state index contributed by atoms with van der Waals surface area (Å²) < 4.78 is 123. The second kappa shape index (κ2) is 12.8. The van der Waals surface area contributed by atoms with E-state index in [1.165, 1.54) is 23.1 Å². The van der Waals surface area contributed by atoms with Crippen molar-refractivity contribution in [3.8, 4) is 0 Å². The number of carbonyl (C=O) groups is 2. The van der Waals surface area contributed by atoms with E-state index in [0.29, 0.717) is 12.0 Å². The summed E-state index contributed by atoms with van der Waals surface area (Å²) in [7, 11) is -4.50. The maximum Gasteiger partial charge on any atom is 0.435 e. The molecule has 1 aliphatic carbocycles. The average molecular weight is 700 g/mol. The Morgan fingerprint density at radius 1 is 0.771 bits per heavy atom. The molecule has 2 aliphatic rings. The highest BCUT2D eigenvalue weighted by Crippen LogP contribution is 2.54. The molecule has 0 bridgehead atoms. The van der Waals surface area contributed by atoms with E-state index in [-0.39, 0.29) is 61.2 Å². The van der Waals surface area contributed by atoms with Crippen LogP contribution in [0.3, 0.4) is 0 Å². The number of halogens is 7. The van der Waals surface area contributed by atoms with Crippen LogP contribution in [0.25, 0.3) is 0 Å². The summed E-state index contributed by atoms with van der Waals surface area (Å²) in [6.07, 6.45) is -11.6. The first kappa shape index (κ1) is 35.4. The van der Waals surface area contributed by atoms with Crippen LogP contribution in [-0.2, 0) is 36.3 Å². The molecule has 1 saturated carbocycles. The molecular formula is C34H32F7NO5S. The van der Waals surface area contributed by atoms with Crippen LogP contribution in [0.15, 0.2) is 83.8 Å². The molecule has 6 nitrogen and oxygen atoms in total. The number of sulfone groups is 1. The zero-order chi connectivity index (χ0) is 35.1. The molecule has 0 radical (unpaired) electrons. The van der Waals surface area contributed by atoms with Gasteiger partial charge < -0.3 is 10.0 Å². The zero-order valence-corrected chi connectivity index (χ0v) is 26.2. The highest BCUT2D eigenvalue weighted by Gasteiger charge is 2.73. The largest absolute Gasteiger partial charge is 0.481 e. The quantitative estimate of drug-likeness (QED) is 0.248. The molecule has 1 heterocycles. The van der Waals surface area contributed by atoms with Gasteiger partial charge >= 0.3 is 24.0 Å². The third-order valence-corrected chi connectivity index (χ3v) is 12.0. The number of amides is 1. The van der Waals surface area contributed by atoms with Crippen LogP contribution in [0.4, 0.5) is 30.7 Å². The van der Waals surface area contributed by atoms with Gasteiger partial charge in [-0.05, 0) is 67.3 Å². The van der Waals surface area contributed by atoms with Crippen LogP contribution in [0.2, 0.25) is 0 Å². The molecule has 0 aromatic heterocycles. The molecule has 1 saturated heterocycles. The van der Waals surface area contributed by atoms with Gasteiger partial charge in [0.2, 0.25) is 5.91 Å². The van der Waals surface area contributed by atoms with Gasteiger partial charge in [0.05, 0.1) is 10.8 Å². The van der Waals surface area contributed by atoms with Crippen molar-refractivity contribution in [1.82, 2.24) is 4.90 Å². The summed E-state index contributed by atoms with van der Waals surface area (Å²) in [5.41, 5.74) is -6.16. The molecule has 3 aromatic carbocycles. The van der Waals surface area contributed by atoms with Gasteiger partial charge in [0.25, 0.3) is 0 Å². The van der Waals surface area contributed by atoms with Crippen LogP contribution < -0.4 is 0 Å². The van der Waals surface area contributed by atoms with E-state index in [0.717, 1.165) is 17.7 Å². The summed E-state index contributed by atoms with van der Waals surface area (Å²) >= 11 is 0. The van der Waals surface area contributed by atoms with E-state index < -0.39 is 68.4 Å². The van der Waals surface area contributed by atoms with Crippen LogP contribution >= 0.6 is 0 Å². The molecule has 1 aliphatic heterocycles. The highest BCUT2D eigenvalue weighted by atomic mass is 32.2. The standard InChI is InChI=1S/C34H32F7NO5S/c35-32(33(36,37)38,34(39,40)41)27-15-13-26(14-16-27)31(17-18-42(21-31)29(43)24-9-11-25(12-10-24)30(44)45)48(46,47)28-8-4-7-23(20-28)19-22-5-2-1-3-6-22/h1-8,13-16,20,24-25H,9-12,17-19,21H2,(H,44,45)/t24-,25-,31?. The van der Waals surface area contributed by atoms with Crippen molar-refractivity contribution in [2.24, 2.45) is 11.8 Å². The van der Waals surface area contributed by atoms with E-state index >= 15 is 0 Å². The molecule has 5 rings (SSSR count). The normalized spacial score (nSPS) is 22.4. The maximum atomic E-state index is 14.9. The lowest BCUT2D eigenvalue weighted by atomic mass is 9.81. The molecule has 0 spiro atoms. The number of hydrogen-bond acceptors (Lipinski definition) is 4. The third-order valence-electron chi connectivity index (χ3n) is 9.53. The number of aliphatic carboxylic acids is 1. The Hall–Kier alpha value is -3.94. The van der Waals surface area contributed by atoms with Gasteiger partial charge in [-0.2, -0.15) is 26.3 Å². The van der Waals surface area contributed by atoms with Crippen molar-refractivity contribution in [2.45, 2.75) is 66.2 Å². The van der Waals surface area contributed by atoms with Crippen LogP contribution in [0.1, 0.15) is 54.4 Å². The Labute approximate surface area is 272 Å². The van der Waals surface area contributed by atoms with Gasteiger partial charge in [0.1, 0.15) is 4.75 Å². The fourth-order valence-electron chi connectivity index (χ4n) is 6.80. The first-order chi connectivity index (χ1) is 22.4. The van der Waals surface area contributed by atoms with Crippen molar-refractivity contribution >= 4 is 21.7 Å². The minimum atomic E-state index is -6.36. The summed E-state index contributed by atoms with van der Waals surface area (Å²) in [6.45, 7) is -0.560. The number of alkyl halides is 7. The Balaban J connectivity index is 1.54. The third kappa shape index (κ3) is 6.30. The van der Waals surface area contributed by atoms with Crippen molar-refractivity contribution in [3.63, 3.8) is 0 Å². The lowest BCUT2D eigenvalue weighted by Gasteiger charge is -2.33. The summed E-state index contributed by atoms with van der Waals surface area (Å²) in [5, 5.41) is 9.32. The second-order valence-corrected chi connectivity index (χ2v) is 14.7. The van der Waals surface area contributed by atoms with E-state index in [2.05, 4.69) is 0 Å². The number of likely N-dealkylation sites (tertiary alicyclic amines) is 1. The van der Waals surface area contributed by atoms with Crippen LogP contribution in [0, 0.1) is 11.8 Å². The minimum absolute atomic E-state index is 0.0967. The molecule has 2 fully saturated rings. The van der Waals surface area contributed by atoms with Crippen LogP contribution in [-0.4, -0.2) is 55.7 Å². The lowest BCUT2D eigenvalue weighted by molar-refractivity contribution is -0.348. The Morgan fingerprint density at radius 2 is 1.33 bits per heavy atom. The first-order valence-corrected chi connectivity index (χ1v) is 16.7. The predicted molar refractivity (Wildman–Crippen MR) is 160 cm³/mol. The van der Waals surface area contributed by atoms with Crippen molar-refractivity contribution in [2.75, 3.05) is 13.1 Å². The fraction of sp³-hybridized carbons (Fsp3) is 0.412. The Bertz CT molecular complexity index is 1740. The van der Waals surface area contributed by atoms with Crippen molar-refractivity contribution in [1.29, 1.82) is 0 Å². The molecule has 48 heavy (non-hydrogen) atoms. The monoisotopic (exact) mass is 699 g/mol. The topological polar surface area (TPSA) is 91.8 Å². The summed E-state index contributed by atoms with van der Waals surface area (Å²) in [4.78, 5) is 26.1. The Kier molecular flexibility index (Phi) is 9.45. The smallest absolute Gasteiger partial charge is 0.435 e. The second-order valence-electron chi connectivity index (χ2n) is 12.4. The molecule has 14 heteroatoms. The van der Waals surface area contributed by atoms with Gasteiger partial charge in [-0.3, -0.25) is 9.59 Å². The molecule has 258 valence electrons. The maximum absolute atomic E-state index is 14.9. The van der Waals surface area contributed by atoms with Crippen LogP contribution in [0.5, 0.6) is 0 Å². The molecule has 1 N–H and O–H groups in total. The number of carbonyl (C=O) groups excluding carboxylic acids is 1. The lowest BCUT2D eigenvalue weighted by Crippen LogP contribution is -2.50. The zero-order valence-electron chi connectivity index (χ0n) is 25.4. The molecule has 1 amide bonds. The number of hydrogen-bond donors (Lipinski definition) is 1. The highest BCUT2D eigenvalue weighted by molar-refractivity contribution is 7.92. The van der Waals surface area contributed by atoms with E-state index in [9.17, 15) is 53.8 Å². The minimum Gasteiger partial charge on any atom is -0.481 e. The van der Waals surface area contributed by atoms with Crippen molar-refractivity contribution in [3.05, 3.63) is 101 Å². The van der Waals surface area contributed by atoms with E-state index in [1.807, 2.05) is 30.3 Å². The van der Waals surface area contributed by atoms with Gasteiger partial charge in [-0.15, -0.1) is 0 Å². The SMILES string of the molecule is O=C(O)[C@H]1CC[C@H](C(=O)N2CCC(c3ccc(C(F)(C(F)(F)F)C(F)(F)F)cc3)(S(=O)(=O)c3cccc(Cc4ccccc4)c3)C2)CC1.